The predicted octanol–water partition coefficient (Wildman–Crippen LogP) is 3.34. The van der Waals surface area contributed by atoms with Gasteiger partial charge in [0.2, 0.25) is 11.9 Å². The number of nitriles is 1. The maximum atomic E-state index is 11.5. The van der Waals surface area contributed by atoms with E-state index in [2.05, 4.69) is 21.1 Å². The van der Waals surface area contributed by atoms with Gasteiger partial charge in [0.25, 0.3) is 0 Å². The molecule has 0 aliphatic carbocycles. The fourth-order valence-electron chi connectivity index (χ4n) is 4.11. The van der Waals surface area contributed by atoms with Crippen LogP contribution >= 0.6 is 0 Å². The van der Waals surface area contributed by atoms with Crippen LogP contribution < -0.4 is 0 Å². The van der Waals surface area contributed by atoms with Crippen molar-refractivity contribution in [3.05, 3.63) is 60.8 Å². The van der Waals surface area contributed by atoms with Gasteiger partial charge in [-0.3, -0.25) is 14.0 Å². The molecule has 31 heavy (non-hydrogen) atoms. The number of nitrogens with zero attached hydrogens (tertiary/aromatic N) is 7. The molecule has 1 aliphatic heterocycles. The Morgan fingerprint density at radius 3 is 2.58 bits per heavy atom. The zero-order valence-corrected chi connectivity index (χ0v) is 17.1. The van der Waals surface area contributed by atoms with E-state index in [1.165, 1.54) is 0 Å². The molecule has 8 nitrogen and oxygen atoms in total. The average molecular weight is 411 g/mol. The number of amides is 1. The molecular formula is C23H21N7O. The Kier molecular flexibility index (Phi) is 4.71. The van der Waals surface area contributed by atoms with Gasteiger partial charge < -0.3 is 4.90 Å². The van der Waals surface area contributed by atoms with Crippen LogP contribution in [0.25, 0.3) is 28.0 Å². The van der Waals surface area contributed by atoms with Crippen LogP contribution in [0, 0.1) is 11.3 Å². The van der Waals surface area contributed by atoms with Crippen molar-refractivity contribution in [3.63, 3.8) is 0 Å². The summed E-state index contributed by atoms with van der Waals surface area (Å²) in [5, 5.41) is 14.6. The molecule has 1 aromatic carbocycles. The van der Waals surface area contributed by atoms with Crippen molar-refractivity contribution in [1.29, 1.82) is 5.26 Å². The quantitative estimate of drug-likeness (QED) is 0.515. The number of rotatable bonds is 3. The molecule has 0 unspecified atom stereocenters. The minimum Gasteiger partial charge on any atom is -0.343 e. The number of hydrogen-bond acceptors (Lipinski definition) is 5. The Labute approximate surface area is 179 Å². The van der Waals surface area contributed by atoms with Gasteiger partial charge in [-0.1, -0.05) is 0 Å². The van der Waals surface area contributed by atoms with E-state index in [0.717, 1.165) is 48.0 Å². The Balaban J connectivity index is 1.34. The van der Waals surface area contributed by atoms with Crippen LogP contribution in [0.1, 0.15) is 31.4 Å². The topological polar surface area (TPSA) is 92.6 Å². The molecule has 0 N–H and O–H groups in total. The Bertz CT molecular complexity index is 1290. The zero-order chi connectivity index (χ0) is 21.4. The summed E-state index contributed by atoms with van der Waals surface area (Å²) in [5.41, 5.74) is 3.46. The highest BCUT2D eigenvalue weighted by molar-refractivity contribution is 5.82. The summed E-state index contributed by atoms with van der Waals surface area (Å²) in [4.78, 5) is 22.5. The van der Waals surface area contributed by atoms with E-state index in [1.807, 2.05) is 50.9 Å². The smallest absolute Gasteiger partial charge is 0.234 e. The third-order valence-electron chi connectivity index (χ3n) is 5.89. The molecule has 0 spiro atoms. The van der Waals surface area contributed by atoms with E-state index in [9.17, 15) is 4.79 Å². The van der Waals surface area contributed by atoms with Crippen molar-refractivity contribution < 1.29 is 4.79 Å². The minimum absolute atomic E-state index is 0.137. The third-order valence-corrected chi connectivity index (χ3v) is 5.89. The molecule has 154 valence electrons. The van der Waals surface area contributed by atoms with Crippen molar-refractivity contribution >= 4 is 16.8 Å². The number of carbonyl (C=O) groups is 1. The van der Waals surface area contributed by atoms with Crippen LogP contribution in [-0.2, 0) is 4.79 Å². The van der Waals surface area contributed by atoms with Gasteiger partial charge >= 0.3 is 0 Å². The molecule has 0 bridgehead atoms. The number of benzene rings is 1. The summed E-state index contributed by atoms with van der Waals surface area (Å²) in [7, 11) is 0. The normalized spacial score (nSPS) is 14.6. The monoisotopic (exact) mass is 411 g/mol. The van der Waals surface area contributed by atoms with Gasteiger partial charge in [0.15, 0.2) is 0 Å². The SMILES string of the molecule is CC(=O)N1CCC(n2cc(-c3cnc(-n4ccc5cc(C#N)ccc54)nc3)cn2)CC1. The first kappa shape index (κ1) is 19.0. The molecule has 0 radical (unpaired) electrons. The number of carbonyl (C=O) groups excluding carboxylic acids is 1. The minimum atomic E-state index is 0.137. The lowest BCUT2D eigenvalue weighted by atomic mass is 10.1. The predicted molar refractivity (Wildman–Crippen MR) is 115 cm³/mol. The van der Waals surface area contributed by atoms with E-state index < -0.39 is 0 Å². The van der Waals surface area contributed by atoms with Crippen molar-refractivity contribution in [2.24, 2.45) is 0 Å². The molecule has 3 aromatic heterocycles. The summed E-state index contributed by atoms with van der Waals surface area (Å²) in [5.74, 6) is 0.713. The van der Waals surface area contributed by atoms with Crippen molar-refractivity contribution in [2.75, 3.05) is 13.1 Å². The van der Waals surface area contributed by atoms with Gasteiger partial charge in [0, 0.05) is 61.3 Å². The first-order valence-corrected chi connectivity index (χ1v) is 10.3. The van der Waals surface area contributed by atoms with Crippen LogP contribution in [0.15, 0.2) is 55.2 Å². The van der Waals surface area contributed by atoms with Gasteiger partial charge in [0.1, 0.15) is 0 Å². The highest BCUT2D eigenvalue weighted by Gasteiger charge is 2.22. The molecule has 1 amide bonds. The molecule has 1 aliphatic rings. The summed E-state index contributed by atoms with van der Waals surface area (Å²) in [6, 6.07) is 9.97. The van der Waals surface area contributed by atoms with Crippen molar-refractivity contribution in [3.8, 4) is 23.1 Å². The lowest BCUT2D eigenvalue weighted by molar-refractivity contribution is -0.130. The molecule has 5 rings (SSSR count). The van der Waals surface area contributed by atoms with Crippen LogP contribution in [0.5, 0.6) is 0 Å². The van der Waals surface area contributed by atoms with Crippen molar-refractivity contribution in [2.45, 2.75) is 25.8 Å². The van der Waals surface area contributed by atoms with Crippen LogP contribution in [0.2, 0.25) is 0 Å². The van der Waals surface area contributed by atoms with Gasteiger partial charge in [-0.15, -0.1) is 0 Å². The number of aromatic nitrogens is 5. The van der Waals surface area contributed by atoms with E-state index in [1.54, 1.807) is 25.4 Å². The number of piperidine rings is 1. The third kappa shape index (κ3) is 3.55. The van der Waals surface area contributed by atoms with Crippen LogP contribution in [-0.4, -0.2) is 48.2 Å². The lowest BCUT2D eigenvalue weighted by Gasteiger charge is -2.31. The maximum absolute atomic E-state index is 11.5. The molecule has 1 saturated heterocycles. The first-order chi connectivity index (χ1) is 15.1. The first-order valence-electron chi connectivity index (χ1n) is 10.3. The highest BCUT2D eigenvalue weighted by atomic mass is 16.2. The largest absolute Gasteiger partial charge is 0.343 e. The maximum Gasteiger partial charge on any atom is 0.234 e. The summed E-state index contributed by atoms with van der Waals surface area (Å²) < 4.78 is 3.90. The van der Waals surface area contributed by atoms with Gasteiger partial charge in [-0.25, -0.2) is 9.97 Å². The van der Waals surface area contributed by atoms with Crippen LogP contribution in [0.4, 0.5) is 0 Å². The molecule has 1 fully saturated rings. The second-order valence-corrected chi connectivity index (χ2v) is 7.79. The molecule has 0 saturated carbocycles. The number of hydrogen-bond donors (Lipinski definition) is 0. The molecule has 4 heterocycles. The Morgan fingerprint density at radius 1 is 1.10 bits per heavy atom. The van der Waals surface area contributed by atoms with Crippen LogP contribution in [0.3, 0.4) is 0 Å². The Morgan fingerprint density at radius 2 is 1.87 bits per heavy atom. The molecule has 4 aromatic rings. The van der Waals surface area contributed by atoms with Crippen molar-refractivity contribution in [1.82, 2.24) is 29.2 Å². The number of likely N-dealkylation sites (tertiary alicyclic amines) is 1. The molecular weight excluding hydrogens is 390 g/mol. The molecule has 0 atom stereocenters. The van der Waals surface area contributed by atoms with Gasteiger partial charge in [0.05, 0.1) is 29.4 Å². The summed E-state index contributed by atoms with van der Waals surface area (Å²) in [6.45, 7) is 3.16. The fourth-order valence-corrected chi connectivity index (χ4v) is 4.11. The second-order valence-electron chi connectivity index (χ2n) is 7.79. The fraction of sp³-hybridized carbons (Fsp3) is 0.261. The van der Waals surface area contributed by atoms with E-state index in [-0.39, 0.29) is 5.91 Å². The zero-order valence-electron chi connectivity index (χ0n) is 17.1. The summed E-state index contributed by atoms with van der Waals surface area (Å²) in [6.07, 6.45) is 11.2. The standard InChI is InChI=1S/C23H21N7O/c1-16(31)28-7-5-21(6-8-28)30-15-20(14-27-30)19-12-25-23(26-13-19)29-9-4-18-10-17(11-24)2-3-22(18)29/h2-4,9-10,12-15,21H,5-8H2,1H3. The highest BCUT2D eigenvalue weighted by Crippen LogP contribution is 2.26. The number of fused-ring (bicyclic) bond motifs is 1. The Hall–Kier alpha value is -3.99. The van der Waals surface area contributed by atoms with E-state index >= 15 is 0 Å². The van der Waals surface area contributed by atoms with Gasteiger partial charge in [-0.05, 0) is 37.1 Å². The lowest BCUT2D eigenvalue weighted by Crippen LogP contribution is -2.37. The van der Waals surface area contributed by atoms with E-state index in [0.29, 0.717) is 17.6 Å². The molecule has 8 heteroatoms. The second kappa shape index (κ2) is 7.69. The summed E-state index contributed by atoms with van der Waals surface area (Å²) >= 11 is 0. The van der Waals surface area contributed by atoms with E-state index in [4.69, 9.17) is 5.26 Å². The van der Waals surface area contributed by atoms with Gasteiger partial charge in [-0.2, -0.15) is 10.4 Å². The average Bonchev–Trinajstić information content (AvgIpc) is 3.46.